The molecule has 0 saturated carbocycles. The zero-order chi connectivity index (χ0) is 25.9. The molecule has 1 heterocycles. The molecule has 0 bridgehead atoms. The lowest BCUT2D eigenvalue weighted by Crippen LogP contribution is -2.25. The third-order valence-corrected chi connectivity index (χ3v) is 7.01. The maximum Gasteiger partial charge on any atom is 0.414 e. The second-order valence-electron chi connectivity index (χ2n) is 8.02. The Hall–Kier alpha value is -2.55. The minimum Gasteiger partial charge on any atom is -0.422 e. The van der Waals surface area contributed by atoms with Crippen LogP contribution in [-0.4, -0.2) is 52.3 Å². The van der Waals surface area contributed by atoms with Crippen LogP contribution < -0.4 is 15.1 Å². The number of amides is 1. The molecule has 0 aliphatic heterocycles. The van der Waals surface area contributed by atoms with E-state index >= 15 is 0 Å². The van der Waals surface area contributed by atoms with Gasteiger partial charge in [-0.3, -0.25) is 9.27 Å². The van der Waals surface area contributed by atoms with E-state index in [1.54, 1.807) is 18.2 Å². The molecule has 1 amide bonds. The Morgan fingerprint density at radius 3 is 2.60 bits per heavy atom. The van der Waals surface area contributed by atoms with Crippen molar-refractivity contribution in [2.24, 2.45) is 0 Å². The molecule has 3 aromatic rings. The van der Waals surface area contributed by atoms with E-state index in [1.165, 1.54) is 26.2 Å². The first-order valence-corrected chi connectivity index (χ1v) is 12.7. The second-order valence-corrected chi connectivity index (χ2v) is 9.81. The average Bonchev–Trinajstić information content (AvgIpc) is 2.79. The summed E-state index contributed by atoms with van der Waals surface area (Å²) in [7, 11) is 4.81. The smallest absolute Gasteiger partial charge is 0.414 e. The van der Waals surface area contributed by atoms with E-state index in [0.717, 1.165) is 10.5 Å². The summed E-state index contributed by atoms with van der Waals surface area (Å²) in [4.78, 5) is 28.1. The molecule has 0 aliphatic rings. The summed E-state index contributed by atoms with van der Waals surface area (Å²) in [5.74, 6) is -1.11. The fourth-order valence-electron chi connectivity index (χ4n) is 3.39. The van der Waals surface area contributed by atoms with E-state index in [1.807, 2.05) is 41.5 Å². The number of hydrogen-bond acceptors (Lipinski definition) is 6. The van der Waals surface area contributed by atoms with E-state index in [2.05, 4.69) is 4.72 Å². The van der Waals surface area contributed by atoms with Crippen LogP contribution in [0.15, 0.2) is 39.5 Å². The molecule has 0 fully saturated rings. The highest BCUT2D eigenvalue weighted by Gasteiger charge is 2.21. The molecular weight excluding hydrogens is 592 g/mol. The van der Waals surface area contributed by atoms with Gasteiger partial charge in [0.1, 0.15) is 5.58 Å². The van der Waals surface area contributed by atoms with Crippen LogP contribution in [0.2, 0.25) is 0 Å². The molecule has 2 aromatic carbocycles. The maximum absolute atomic E-state index is 14.9. The molecule has 0 aliphatic carbocycles. The fraction of sp³-hybridized carbons (Fsp3) is 0.304. The Balaban J connectivity index is 2.17. The number of halogens is 2. The van der Waals surface area contributed by atoms with Gasteiger partial charge in [-0.05, 0) is 59.4 Å². The van der Waals surface area contributed by atoms with Crippen LogP contribution in [0.5, 0.6) is 5.75 Å². The summed E-state index contributed by atoms with van der Waals surface area (Å²) >= 11 is -0.215. The number of carbonyl (C=O) groups is 1. The van der Waals surface area contributed by atoms with Crippen molar-refractivity contribution in [3.63, 3.8) is 0 Å². The Labute approximate surface area is 217 Å². The number of nitrogens with zero attached hydrogens (tertiary/aromatic N) is 2. The standard InChI is InChI=1S/C23H25FIN3O6S/c1-5-28(4)12-16-14-10-17(24)20(34-23(30)27(2)3)11-19(14)33-22(29)15(16)9-13-7-6-8-18(21(13)25)26-35(31)32/h6-8,10-11,26H,5,9,12H2,1-4H3,(H,31,32). The van der Waals surface area contributed by atoms with Crippen molar-refractivity contribution < 1.29 is 27.1 Å². The number of benzene rings is 2. The summed E-state index contributed by atoms with van der Waals surface area (Å²) in [6, 6.07) is 7.57. The molecule has 3 rings (SSSR count). The topological polar surface area (TPSA) is 112 Å². The highest BCUT2D eigenvalue weighted by Crippen LogP contribution is 2.31. The second kappa shape index (κ2) is 11.5. The van der Waals surface area contributed by atoms with Gasteiger partial charge in [0, 0.05) is 47.6 Å². The van der Waals surface area contributed by atoms with Crippen molar-refractivity contribution in [2.45, 2.75) is 19.9 Å². The van der Waals surface area contributed by atoms with Crippen LogP contribution in [0.1, 0.15) is 23.6 Å². The van der Waals surface area contributed by atoms with E-state index in [4.69, 9.17) is 9.15 Å². The van der Waals surface area contributed by atoms with Crippen LogP contribution in [0.25, 0.3) is 11.0 Å². The van der Waals surface area contributed by atoms with Crippen molar-refractivity contribution >= 4 is 56.6 Å². The summed E-state index contributed by atoms with van der Waals surface area (Å²) in [5.41, 5.74) is 1.60. The molecular formula is C23H25FIN3O6S. The first kappa shape index (κ1) is 27.0. The van der Waals surface area contributed by atoms with E-state index < -0.39 is 28.8 Å². The molecule has 12 heteroatoms. The monoisotopic (exact) mass is 617 g/mol. The van der Waals surface area contributed by atoms with E-state index in [9.17, 15) is 22.7 Å². The molecule has 9 nitrogen and oxygen atoms in total. The molecule has 35 heavy (non-hydrogen) atoms. The number of fused-ring (bicyclic) bond motifs is 1. The van der Waals surface area contributed by atoms with Gasteiger partial charge in [0.05, 0.1) is 5.69 Å². The number of ether oxygens (including phenoxy) is 1. The molecule has 0 radical (unpaired) electrons. The molecule has 1 unspecified atom stereocenters. The van der Waals surface area contributed by atoms with Crippen molar-refractivity contribution in [3.05, 3.63) is 66.8 Å². The highest BCUT2D eigenvalue weighted by molar-refractivity contribution is 14.1. The zero-order valence-electron chi connectivity index (χ0n) is 19.6. The quantitative estimate of drug-likeness (QED) is 0.222. The Kier molecular flexibility index (Phi) is 8.85. The molecule has 188 valence electrons. The number of anilines is 1. The van der Waals surface area contributed by atoms with Gasteiger partial charge < -0.3 is 19.0 Å². The molecule has 0 saturated heterocycles. The largest absolute Gasteiger partial charge is 0.422 e. The fourth-order valence-corrected chi connectivity index (χ4v) is 4.61. The first-order chi connectivity index (χ1) is 16.5. The summed E-state index contributed by atoms with van der Waals surface area (Å²) in [5, 5.41) is 0.391. The first-order valence-electron chi connectivity index (χ1n) is 10.5. The van der Waals surface area contributed by atoms with Gasteiger partial charge in [-0.1, -0.05) is 19.1 Å². The Bertz CT molecular complexity index is 1350. The van der Waals surface area contributed by atoms with Crippen molar-refractivity contribution in [2.75, 3.05) is 32.4 Å². The van der Waals surface area contributed by atoms with Gasteiger partial charge in [-0.25, -0.2) is 18.2 Å². The SMILES string of the molecule is CCN(C)Cc1c(Cc2cccc(NS(=O)O)c2I)c(=O)oc2cc(OC(=O)N(C)C)c(F)cc12. The molecule has 1 aromatic heterocycles. The van der Waals surface area contributed by atoms with Crippen molar-refractivity contribution in [1.82, 2.24) is 9.80 Å². The lowest BCUT2D eigenvalue weighted by atomic mass is 9.97. The van der Waals surface area contributed by atoms with Gasteiger partial charge in [-0.2, -0.15) is 0 Å². The minimum absolute atomic E-state index is 0.0991. The zero-order valence-corrected chi connectivity index (χ0v) is 22.5. The normalized spacial score (nSPS) is 12.1. The van der Waals surface area contributed by atoms with Gasteiger partial charge in [0.2, 0.25) is 0 Å². The maximum atomic E-state index is 14.9. The van der Waals surface area contributed by atoms with E-state index in [0.29, 0.717) is 38.9 Å². The minimum atomic E-state index is -2.25. The van der Waals surface area contributed by atoms with E-state index in [-0.39, 0.29) is 17.8 Å². The van der Waals surface area contributed by atoms with Crippen molar-refractivity contribution in [3.8, 4) is 5.75 Å². The van der Waals surface area contributed by atoms with Gasteiger partial charge >= 0.3 is 11.7 Å². The molecule has 2 N–H and O–H groups in total. The van der Waals surface area contributed by atoms with Crippen LogP contribution in [0, 0.1) is 9.39 Å². The molecule has 0 spiro atoms. The summed E-state index contributed by atoms with van der Waals surface area (Å²) in [6.07, 6.45) is -0.601. The third-order valence-electron chi connectivity index (χ3n) is 5.35. The lowest BCUT2D eigenvalue weighted by molar-refractivity contribution is 0.170. The lowest BCUT2D eigenvalue weighted by Gasteiger charge is -2.19. The summed E-state index contributed by atoms with van der Waals surface area (Å²) < 4.78 is 49.1. The number of hydrogen-bond donors (Lipinski definition) is 2. The van der Waals surface area contributed by atoms with Crippen LogP contribution in [0.3, 0.4) is 0 Å². The Morgan fingerprint density at radius 2 is 1.97 bits per heavy atom. The van der Waals surface area contributed by atoms with Gasteiger partial charge in [0.25, 0.3) is 11.3 Å². The van der Waals surface area contributed by atoms with Gasteiger partial charge in [0.15, 0.2) is 11.6 Å². The van der Waals surface area contributed by atoms with Crippen LogP contribution >= 0.6 is 22.6 Å². The van der Waals surface area contributed by atoms with Gasteiger partial charge in [-0.15, -0.1) is 0 Å². The average molecular weight is 617 g/mol. The number of rotatable bonds is 8. The summed E-state index contributed by atoms with van der Waals surface area (Å²) in [6.45, 7) is 2.99. The van der Waals surface area contributed by atoms with Crippen LogP contribution in [-0.2, 0) is 24.2 Å². The predicted octanol–water partition coefficient (Wildman–Crippen LogP) is 4.19. The van der Waals surface area contributed by atoms with Crippen LogP contribution in [0.4, 0.5) is 14.9 Å². The number of nitrogens with one attached hydrogen (secondary N) is 1. The number of carbonyl (C=O) groups excluding carboxylic acids is 1. The van der Waals surface area contributed by atoms with Crippen molar-refractivity contribution in [1.29, 1.82) is 0 Å². The third kappa shape index (κ3) is 6.37. The highest BCUT2D eigenvalue weighted by atomic mass is 127. The predicted molar refractivity (Wildman–Crippen MR) is 141 cm³/mol. The Morgan fingerprint density at radius 1 is 1.26 bits per heavy atom. The molecule has 1 atom stereocenters.